The van der Waals surface area contributed by atoms with E-state index in [1.165, 1.54) is 0 Å². The van der Waals surface area contributed by atoms with Crippen LogP contribution in [0.15, 0.2) is 61.2 Å². The number of methoxy groups -OCH3 is 2. The molecular formula is C19H19NO2. The topological polar surface area (TPSA) is 42.2 Å². The van der Waals surface area contributed by atoms with E-state index in [1.807, 2.05) is 54.6 Å². The molecule has 0 aliphatic rings. The van der Waals surface area contributed by atoms with E-state index < -0.39 is 0 Å². The zero-order valence-electron chi connectivity index (χ0n) is 12.8. The van der Waals surface area contributed by atoms with E-state index in [4.69, 9.17) is 9.47 Å². The molecule has 0 bridgehead atoms. The van der Waals surface area contributed by atoms with Crippen molar-refractivity contribution in [2.24, 2.45) is 0 Å². The standard InChI is InChI=1S/C19H19NO2/c1-4-18(14-5-9-16(21-2)10-6-14)19(13-20)15-7-11-17(22-3)12-8-15/h4-12,18-19H,1H2,2-3H3/t18-,19+/m0/s1. The molecule has 2 aromatic rings. The van der Waals surface area contributed by atoms with E-state index in [9.17, 15) is 5.26 Å². The normalized spacial score (nSPS) is 12.8. The minimum absolute atomic E-state index is 0.0794. The van der Waals surface area contributed by atoms with Crippen molar-refractivity contribution >= 4 is 0 Å². The molecule has 0 spiro atoms. The van der Waals surface area contributed by atoms with Crippen LogP contribution in [0.2, 0.25) is 0 Å². The van der Waals surface area contributed by atoms with E-state index in [1.54, 1.807) is 14.2 Å². The summed E-state index contributed by atoms with van der Waals surface area (Å²) in [6.45, 7) is 3.90. The minimum Gasteiger partial charge on any atom is -0.497 e. The molecule has 2 aromatic carbocycles. The smallest absolute Gasteiger partial charge is 0.118 e. The molecule has 0 N–H and O–H groups in total. The molecule has 0 saturated carbocycles. The molecule has 22 heavy (non-hydrogen) atoms. The van der Waals surface area contributed by atoms with Crippen LogP contribution >= 0.6 is 0 Å². The lowest BCUT2D eigenvalue weighted by molar-refractivity contribution is 0.414. The Balaban J connectivity index is 2.32. The molecule has 0 unspecified atom stereocenters. The lowest BCUT2D eigenvalue weighted by atomic mass is 9.82. The van der Waals surface area contributed by atoms with Crippen LogP contribution in [0, 0.1) is 11.3 Å². The van der Waals surface area contributed by atoms with Crippen molar-refractivity contribution in [3.05, 3.63) is 72.3 Å². The Kier molecular flexibility index (Phi) is 5.21. The van der Waals surface area contributed by atoms with Crippen molar-refractivity contribution in [3.63, 3.8) is 0 Å². The maximum absolute atomic E-state index is 9.62. The molecular weight excluding hydrogens is 274 g/mol. The molecule has 112 valence electrons. The lowest BCUT2D eigenvalue weighted by Crippen LogP contribution is -2.07. The number of allylic oxidation sites excluding steroid dienone is 1. The number of ether oxygens (including phenoxy) is 2. The van der Waals surface area contributed by atoms with Crippen molar-refractivity contribution < 1.29 is 9.47 Å². The van der Waals surface area contributed by atoms with Gasteiger partial charge in [-0.3, -0.25) is 0 Å². The fourth-order valence-electron chi connectivity index (χ4n) is 2.46. The van der Waals surface area contributed by atoms with E-state index in [-0.39, 0.29) is 11.8 Å². The van der Waals surface area contributed by atoms with E-state index >= 15 is 0 Å². The minimum atomic E-state index is -0.295. The summed E-state index contributed by atoms with van der Waals surface area (Å²) in [4.78, 5) is 0. The number of nitriles is 1. The molecule has 3 nitrogen and oxygen atoms in total. The van der Waals surface area contributed by atoms with Crippen LogP contribution < -0.4 is 9.47 Å². The summed E-state index contributed by atoms with van der Waals surface area (Å²) >= 11 is 0. The van der Waals surface area contributed by atoms with Crippen LogP contribution in [0.4, 0.5) is 0 Å². The Hall–Kier alpha value is -2.73. The Morgan fingerprint density at radius 3 is 1.73 bits per heavy atom. The lowest BCUT2D eigenvalue weighted by Gasteiger charge is -2.20. The van der Waals surface area contributed by atoms with Crippen molar-refractivity contribution in [3.8, 4) is 17.6 Å². The highest BCUT2D eigenvalue weighted by Gasteiger charge is 2.22. The molecule has 0 aliphatic carbocycles. The van der Waals surface area contributed by atoms with Gasteiger partial charge < -0.3 is 9.47 Å². The summed E-state index contributed by atoms with van der Waals surface area (Å²) in [5, 5.41) is 9.62. The SMILES string of the molecule is C=C[C@@H](c1ccc(OC)cc1)[C@H](C#N)c1ccc(OC)cc1. The summed E-state index contributed by atoms with van der Waals surface area (Å²) in [5.74, 6) is 1.20. The van der Waals surface area contributed by atoms with Crippen molar-refractivity contribution in [2.45, 2.75) is 11.8 Å². The fraction of sp³-hybridized carbons (Fsp3) is 0.211. The van der Waals surface area contributed by atoms with Gasteiger partial charge >= 0.3 is 0 Å². The average molecular weight is 293 g/mol. The van der Waals surface area contributed by atoms with Gasteiger partial charge in [0.05, 0.1) is 26.2 Å². The Labute approximate surface area is 131 Å². The summed E-state index contributed by atoms with van der Waals surface area (Å²) in [6.07, 6.45) is 1.82. The van der Waals surface area contributed by atoms with Crippen LogP contribution in [-0.2, 0) is 0 Å². The number of rotatable bonds is 6. The molecule has 0 heterocycles. The van der Waals surface area contributed by atoms with Gasteiger partial charge in [0.2, 0.25) is 0 Å². The average Bonchev–Trinajstić information content (AvgIpc) is 2.60. The van der Waals surface area contributed by atoms with Crippen LogP contribution in [0.5, 0.6) is 11.5 Å². The molecule has 2 rings (SSSR count). The third kappa shape index (κ3) is 3.29. The second kappa shape index (κ2) is 7.33. The summed E-state index contributed by atoms with van der Waals surface area (Å²) in [6, 6.07) is 17.7. The quantitative estimate of drug-likeness (QED) is 0.746. The Bertz CT molecular complexity index is 653. The maximum atomic E-state index is 9.62. The predicted molar refractivity (Wildman–Crippen MR) is 87.3 cm³/mol. The molecule has 0 fully saturated rings. The first-order chi connectivity index (χ1) is 10.7. The number of hydrogen-bond acceptors (Lipinski definition) is 3. The van der Waals surface area contributed by atoms with Crippen molar-refractivity contribution in [2.75, 3.05) is 14.2 Å². The summed E-state index contributed by atoms with van der Waals surface area (Å²) in [7, 11) is 3.26. The van der Waals surface area contributed by atoms with Gasteiger partial charge in [-0.05, 0) is 35.4 Å². The largest absolute Gasteiger partial charge is 0.497 e. The van der Waals surface area contributed by atoms with Gasteiger partial charge in [0, 0.05) is 5.92 Å². The van der Waals surface area contributed by atoms with Crippen LogP contribution in [0.3, 0.4) is 0 Å². The second-order valence-corrected chi connectivity index (χ2v) is 4.91. The van der Waals surface area contributed by atoms with Crippen molar-refractivity contribution in [1.82, 2.24) is 0 Å². The van der Waals surface area contributed by atoms with Gasteiger partial charge in [-0.25, -0.2) is 0 Å². The first kappa shape index (κ1) is 15.7. The number of hydrogen-bond donors (Lipinski definition) is 0. The van der Waals surface area contributed by atoms with Gasteiger partial charge in [0.15, 0.2) is 0 Å². The number of nitrogens with zero attached hydrogens (tertiary/aromatic N) is 1. The predicted octanol–water partition coefficient (Wildman–Crippen LogP) is 4.28. The maximum Gasteiger partial charge on any atom is 0.118 e. The summed E-state index contributed by atoms with van der Waals surface area (Å²) in [5.41, 5.74) is 1.99. The zero-order valence-corrected chi connectivity index (χ0v) is 12.8. The van der Waals surface area contributed by atoms with Crippen LogP contribution in [0.25, 0.3) is 0 Å². The Morgan fingerprint density at radius 2 is 1.36 bits per heavy atom. The molecule has 0 radical (unpaired) electrons. The van der Waals surface area contributed by atoms with Crippen molar-refractivity contribution in [1.29, 1.82) is 5.26 Å². The second-order valence-electron chi connectivity index (χ2n) is 4.91. The zero-order chi connectivity index (χ0) is 15.9. The highest BCUT2D eigenvalue weighted by molar-refractivity contribution is 5.40. The third-order valence-electron chi connectivity index (χ3n) is 3.73. The molecule has 0 saturated heterocycles. The van der Waals surface area contributed by atoms with E-state index in [2.05, 4.69) is 12.6 Å². The van der Waals surface area contributed by atoms with E-state index in [0.29, 0.717) is 0 Å². The summed E-state index contributed by atoms with van der Waals surface area (Å²) < 4.78 is 10.3. The van der Waals surface area contributed by atoms with Gasteiger partial charge in [-0.1, -0.05) is 30.3 Å². The van der Waals surface area contributed by atoms with Gasteiger partial charge in [-0.2, -0.15) is 5.26 Å². The van der Waals surface area contributed by atoms with E-state index in [0.717, 1.165) is 22.6 Å². The molecule has 0 aromatic heterocycles. The molecule has 3 heteroatoms. The highest BCUT2D eigenvalue weighted by atomic mass is 16.5. The first-order valence-corrected chi connectivity index (χ1v) is 7.03. The molecule has 0 amide bonds. The molecule has 2 atom stereocenters. The van der Waals surface area contributed by atoms with Gasteiger partial charge in [0.25, 0.3) is 0 Å². The molecule has 0 aliphatic heterocycles. The highest BCUT2D eigenvalue weighted by Crippen LogP contribution is 2.34. The van der Waals surface area contributed by atoms with Gasteiger partial charge in [0.1, 0.15) is 11.5 Å². The third-order valence-corrected chi connectivity index (χ3v) is 3.73. The van der Waals surface area contributed by atoms with Gasteiger partial charge in [-0.15, -0.1) is 6.58 Å². The Morgan fingerprint density at radius 1 is 0.909 bits per heavy atom. The van der Waals surface area contributed by atoms with Crippen LogP contribution in [0.1, 0.15) is 23.0 Å². The fourth-order valence-corrected chi connectivity index (χ4v) is 2.46. The monoisotopic (exact) mass is 293 g/mol. The first-order valence-electron chi connectivity index (χ1n) is 7.03. The number of benzene rings is 2. The van der Waals surface area contributed by atoms with Crippen LogP contribution in [-0.4, -0.2) is 14.2 Å².